The van der Waals surface area contributed by atoms with Gasteiger partial charge in [-0.15, -0.1) is 0 Å². The van der Waals surface area contributed by atoms with E-state index < -0.39 is 0 Å². The molecule has 0 bridgehead atoms. The minimum absolute atomic E-state index is 0.522. The normalized spacial score (nSPS) is 10.9. The summed E-state index contributed by atoms with van der Waals surface area (Å²) in [4.78, 5) is 4.51. The molecule has 90 valence electrons. The Morgan fingerprint density at radius 2 is 1.88 bits per heavy atom. The maximum Gasteiger partial charge on any atom is 0.154 e. The van der Waals surface area contributed by atoms with E-state index in [0.29, 0.717) is 6.54 Å². The summed E-state index contributed by atoms with van der Waals surface area (Å²) in [7, 11) is 0. The number of hydrogen-bond donors (Lipinski definition) is 1. The fraction of sp³-hybridized carbons (Fsp3) is 0.385. The second-order valence-corrected chi connectivity index (χ2v) is 4.39. The number of pyridine rings is 1. The molecule has 0 saturated carbocycles. The molecule has 0 atom stereocenters. The Morgan fingerprint density at radius 3 is 2.41 bits per heavy atom. The van der Waals surface area contributed by atoms with Gasteiger partial charge >= 0.3 is 0 Å². The maximum absolute atomic E-state index is 5.68. The highest BCUT2D eigenvalue weighted by atomic mass is 15.3. The summed E-state index contributed by atoms with van der Waals surface area (Å²) >= 11 is 0. The SMILES string of the molecule is Cc1cc(CN)cc(-n2nc(C)c(C)c2C)n1. The Kier molecular flexibility index (Phi) is 2.98. The van der Waals surface area contributed by atoms with Crippen LogP contribution in [0.1, 0.15) is 28.2 Å². The van der Waals surface area contributed by atoms with Gasteiger partial charge in [-0.1, -0.05) is 0 Å². The van der Waals surface area contributed by atoms with Crippen molar-refractivity contribution >= 4 is 0 Å². The Labute approximate surface area is 101 Å². The van der Waals surface area contributed by atoms with Gasteiger partial charge < -0.3 is 5.73 Å². The molecular formula is C13H18N4. The van der Waals surface area contributed by atoms with Crippen molar-refractivity contribution < 1.29 is 0 Å². The molecule has 0 saturated heterocycles. The van der Waals surface area contributed by atoms with Crippen molar-refractivity contribution in [2.45, 2.75) is 34.2 Å². The molecule has 2 rings (SSSR count). The van der Waals surface area contributed by atoms with Crippen molar-refractivity contribution in [2.75, 3.05) is 0 Å². The molecule has 4 heteroatoms. The van der Waals surface area contributed by atoms with Crippen molar-refractivity contribution in [1.29, 1.82) is 0 Å². The lowest BCUT2D eigenvalue weighted by atomic mass is 10.2. The largest absolute Gasteiger partial charge is 0.326 e. The van der Waals surface area contributed by atoms with Gasteiger partial charge in [0.15, 0.2) is 5.82 Å². The Hall–Kier alpha value is -1.68. The zero-order valence-corrected chi connectivity index (χ0v) is 10.8. The van der Waals surface area contributed by atoms with Crippen LogP contribution in [0.4, 0.5) is 0 Å². The van der Waals surface area contributed by atoms with Gasteiger partial charge in [0.05, 0.1) is 5.69 Å². The molecule has 17 heavy (non-hydrogen) atoms. The monoisotopic (exact) mass is 230 g/mol. The zero-order valence-electron chi connectivity index (χ0n) is 10.8. The molecule has 0 aliphatic rings. The predicted octanol–water partition coefficient (Wildman–Crippen LogP) is 1.96. The van der Waals surface area contributed by atoms with Gasteiger partial charge in [-0.25, -0.2) is 9.67 Å². The number of hydrogen-bond acceptors (Lipinski definition) is 3. The molecule has 0 aliphatic heterocycles. The number of rotatable bonds is 2. The first-order valence-electron chi connectivity index (χ1n) is 5.73. The van der Waals surface area contributed by atoms with E-state index in [-0.39, 0.29) is 0 Å². The summed E-state index contributed by atoms with van der Waals surface area (Å²) < 4.78 is 1.89. The molecule has 2 aromatic rings. The van der Waals surface area contributed by atoms with Gasteiger partial charge in [-0.3, -0.25) is 0 Å². The lowest BCUT2D eigenvalue weighted by molar-refractivity contribution is 0.797. The molecule has 0 fully saturated rings. The van der Waals surface area contributed by atoms with Gasteiger partial charge in [0.25, 0.3) is 0 Å². The van der Waals surface area contributed by atoms with Gasteiger partial charge in [0, 0.05) is 17.9 Å². The number of nitrogens with two attached hydrogens (primary N) is 1. The third-order valence-electron chi connectivity index (χ3n) is 3.11. The minimum Gasteiger partial charge on any atom is -0.326 e. The standard InChI is InChI=1S/C13H18N4/c1-8-5-12(7-14)6-13(15-8)17-11(4)9(2)10(3)16-17/h5-6H,7,14H2,1-4H3. The first-order chi connectivity index (χ1) is 8.02. The van der Waals surface area contributed by atoms with Gasteiger partial charge in [-0.05, 0) is 51.0 Å². The Balaban J connectivity index is 2.59. The molecule has 0 radical (unpaired) electrons. The summed E-state index contributed by atoms with van der Waals surface area (Å²) in [5.74, 6) is 0.846. The van der Waals surface area contributed by atoms with Crippen LogP contribution in [-0.2, 0) is 6.54 Å². The van der Waals surface area contributed by atoms with E-state index in [0.717, 1.165) is 28.5 Å². The second-order valence-electron chi connectivity index (χ2n) is 4.39. The van der Waals surface area contributed by atoms with Crippen LogP contribution in [0.2, 0.25) is 0 Å². The average Bonchev–Trinajstić information content (AvgIpc) is 2.56. The highest BCUT2D eigenvalue weighted by Gasteiger charge is 2.10. The third-order valence-corrected chi connectivity index (χ3v) is 3.11. The van der Waals surface area contributed by atoms with E-state index in [1.54, 1.807) is 0 Å². The maximum atomic E-state index is 5.68. The molecular weight excluding hydrogens is 212 g/mol. The molecule has 4 nitrogen and oxygen atoms in total. The van der Waals surface area contributed by atoms with Crippen molar-refractivity contribution in [2.24, 2.45) is 5.73 Å². The molecule has 0 amide bonds. The van der Waals surface area contributed by atoms with E-state index >= 15 is 0 Å². The first kappa shape index (κ1) is 11.8. The van der Waals surface area contributed by atoms with Crippen LogP contribution in [0.5, 0.6) is 0 Å². The quantitative estimate of drug-likeness (QED) is 0.858. The number of aryl methyl sites for hydroxylation is 2. The van der Waals surface area contributed by atoms with Gasteiger partial charge in [-0.2, -0.15) is 5.10 Å². The van der Waals surface area contributed by atoms with E-state index in [1.807, 2.05) is 30.7 Å². The fourth-order valence-electron chi connectivity index (χ4n) is 1.89. The Morgan fingerprint density at radius 1 is 1.18 bits per heavy atom. The smallest absolute Gasteiger partial charge is 0.154 e. The summed E-state index contributed by atoms with van der Waals surface area (Å²) in [6, 6.07) is 3.99. The summed E-state index contributed by atoms with van der Waals surface area (Å²) in [6.07, 6.45) is 0. The van der Waals surface area contributed by atoms with Crippen LogP contribution in [0.3, 0.4) is 0 Å². The van der Waals surface area contributed by atoms with Crippen molar-refractivity contribution in [1.82, 2.24) is 14.8 Å². The summed E-state index contributed by atoms with van der Waals surface area (Å²) in [5.41, 5.74) is 11.1. The lowest BCUT2D eigenvalue weighted by Crippen LogP contribution is -2.06. The van der Waals surface area contributed by atoms with Crippen LogP contribution in [0.25, 0.3) is 5.82 Å². The molecule has 2 heterocycles. The van der Waals surface area contributed by atoms with Crippen LogP contribution < -0.4 is 5.73 Å². The minimum atomic E-state index is 0.522. The molecule has 0 unspecified atom stereocenters. The van der Waals surface area contributed by atoms with Crippen LogP contribution in [-0.4, -0.2) is 14.8 Å². The number of nitrogens with zero attached hydrogens (tertiary/aromatic N) is 3. The molecule has 2 N–H and O–H groups in total. The average molecular weight is 230 g/mol. The van der Waals surface area contributed by atoms with Crippen LogP contribution in [0, 0.1) is 27.7 Å². The highest BCUT2D eigenvalue weighted by Crippen LogP contribution is 2.16. The van der Waals surface area contributed by atoms with Crippen LogP contribution >= 0.6 is 0 Å². The van der Waals surface area contributed by atoms with E-state index in [4.69, 9.17) is 5.73 Å². The molecule has 0 aromatic carbocycles. The van der Waals surface area contributed by atoms with Crippen molar-refractivity contribution in [3.05, 3.63) is 40.3 Å². The Bertz CT molecular complexity index is 555. The highest BCUT2D eigenvalue weighted by molar-refractivity contribution is 5.35. The summed E-state index contributed by atoms with van der Waals surface area (Å²) in [5, 5.41) is 4.51. The van der Waals surface area contributed by atoms with Crippen LogP contribution in [0.15, 0.2) is 12.1 Å². The lowest BCUT2D eigenvalue weighted by Gasteiger charge is -2.07. The summed E-state index contributed by atoms with van der Waals surface area (Å²) in [6.45, 7) is 8.64. The molecule has 0 spiro atoms. The van der Waals surface area contributed by atoms with Crippen molar-refractivity contribution in [3.63, 3.8) is 0 Å². The topological polar surface area (TPSA) is 56.7 Å². The third kappa shape index (κ3) is 2.08. The van der Waals surface area contributed by atoms with Gasteiger partial charge in [0.2, 0.25) is 0 Å². The molecule has 0 aliphatic carbocycles. The number of aromatic nitrogens is 3. The van der Waals surface area contributed by atoms with E-state index in [1.165, 1.54) is 5.56 Å². The first-order valence-corrected chi connectivity index (χ1v) is 5.73. The van der Waals surface area contributed by atoms with E-state index in [2.05, 4.69) is 23.9 Å². The predicted molar refractivity (Wildman–Crippen MR) is 68.2 cm³/mol. The molecule has 2 aromatic heterocycles. The van der Waals surface area contributed by atoms with E-state index in [9.17, 15) is 0 Å². The second kappa shape index (κ2) is 4.30. The zero-order chi connectivity index (χ0) is 12.6. The van der Waals surface area contributed by atoms with Gasteiger partial charge in [0.1, 0.15) is 0 Å². The fourth-order valence-corrected chi connectivity index (χ4v) is 1.89. The van der Waals surface area contributed by atoms with Crippen molar-refractivity contribution in [3.8, 4) is 5.82 Å².